The van der Waals surface area contributed by atoms with Crippen LogP contribution in [0.25, 0.3) is 0 Å². The lowest BCUT2D eigenvalue weighted by Gasteiger charge is -2.22. The number of ether oxygens (including phenoxy) is 1. The minimum absolute atomic E-state index is 0.672. The van der Waals surface area contributed by atoms with E-state index in [2.05, 4.69) is 17.0 Å². The zero-order valence-electron chi connectivity index (χ0n) is 11.5. The number of benzene rings is 2. The number of hydrogen-bond donors (Lipinski definition) is 0. The Morgan fingerprint density at radius 2 is 2.05 bits per heavy atom. The highest BCUT2D eigenvalue weighted by atomic mass is 16.5. The second kappa shape index (κ2) is 5.37. The summed E-state index contributed by atoms with van der Waals surface area (Å²) in [6, 6.07) is 14.1. The van der Waals surface area contributed by atoms with Gasteiger partial charge in [-0.15, -0.1) is 0 Å². The van der Waals surface area contributed by atoms with E-state index in [0.29, 0.717) is 6.61 Å². The third-order valence-corrected chi connectivity index (χ3v) is 3.70. The van der Waals surface area contributed by atoms with Crippen molar-refractivity contribution in [1.29, 1.82) is 0 Å². The lowest BCUT2D eigenvalue weighted by molar-refractivity contribution is 0.112. The predicted molar refractivity (Wildman–Crippen MR) is 79.6 cm³/mol. The molecule has 0 aliphatic carbocycles. The maximum atomic E-state index is 10.9. The Kier molecular flexibility index (Phi) is 3.42. The molecule has 0 atom stereocenters. The highest BCUT2D eigenvalue weighted by Crippen LogP contribution is 2.27. The summed E-state index contributed by atoms with van der Waals surface area (Å²) in [7, 11) is 0. The number of carbonyl (C=O) groups is 1. The molecule has 3 heteroatoms. The number of rotatable bonds is 2. The maximum absolute atomic E-state index is 10.9. The molecule has 3 rings (SSSR count). The van der Waals surface area contributed by atoms with Crippen LogP contribution in [0.2, 0.25) is 0 Å². The van der Waals surface area contributed by atoms with Gasteiger partial charge >= 0.3 is 0 Å². The van der Waals surface area contributed by atoms with Crippen LogP contribution < -0.4 is 9.64 Å². The molecule has 102 valence electrons. The second-order valence-corrected chi connectivity index (χ2v) is 5.04. The summed E-state index contributed by atoms with van der Waals surface area (Å²) in [6.45, 7) is 4.31. The summed E-state index contributed by atoms with van der Waals surface area (Å²) in [5, 5.41) is 0. The Morgan fingerprint density at radius 1 is 1.20 bits per heavy atom. The first-order valence-corrected chi connectivity index (χ1v) is 6.79. The van der Waals surface area contributed by atoms with Gasteiger partial charge in [0.15, 0.2) is 0 Å². The number of fused-ring (bicyclic) bond motifs is 1. The van der Waals surface area contributed by atoms with Gasteiger partial charge in [-0.05, 0) is 36.8 Å². The van der Waals surface area contributed by atoms with Crippen molar-refractivity contribution in [3.8, 4) is 5.75 Å². The molecule has 0 unspecified atom stereocenters. The SMILES string of the molecule is Cc1cc(N2CCOc3ccccc3C2)ccc1C=O. The molecule has 0 aromatic heterocycles. The van der Waals surface area contributed by atoms with Crippen molar-refractivity contribution in [3.63, 3.8) is 0 Å². The Hall–Kier alpha value is -2.29. The minimum atomic E-state index is 0.672. The molecule has 0 bridgehead atoms. The first-order chi connectivity index (χ1) is 9.78. The fourth-order valence-corrected chi connectivity index (χ4v) is 2.53. The summed E-state index contributed by atoms with van der Waals surface area (Å²) in [4.78, 5) is 13.2. The number of aldehydes is 1. The van der Waals surface area contributed by atoms with E-state index >= 15 is 0 Å². The van der Waals surface area contributed by atoms with E-state index in [1.807, 2.05) is 37.3 Å². The van der Waals surface area contributed by atoms with Crippen molar-refractivity contribution in [1.82, 2.24) is 0 Å². The Morgan fingerprint density at radius 3 is 2.85 bits per heavy atom. The first-order valence-electron chi connectivity index (χ1n) is 6.79. The number of anilines is 1. The normalized spacial score (nSPS) is 14.2. The highest BCUT2D eigenvalue weighted by Gasteiger charge is 2.15. The summed E-state index contributed by atoms with van der Waals surface area (Å²) >= 11 is 0. The largest absolute Gasteiger partial charge is 0.491 e. The number of carbonyl (C=O) groups excluding carboxylic acids is 1. The van der Waals surface area contributed by atoms with Gasteiger partial charge in [0.05, 0.1) is 6.54 Å². The van der Waals surface area contributed by atoms with E-state index in [-0.39, 0.29) is 0 Å². The van der Waals surface area contributed by atoms with Crippen molar-refractivity contribution in [2.45, 2.75) is 13.5 Å². The van der Waals surface area contributed by atoms with E-state index in [4.69, 9.17) is 4.74 Å². The predicted octanol–water partition coefficient (Wildman–Crippen LogP) is 3.21. The van der Waals surface area contributed by atoms with Gasteiger partial charge < -0.3 is 9.64 Å². The van der Waals surface area contributed by atoms with Crippen molar-refractivity contribution < 1.29 is 9.53 Å². The van der Waals surface area contributed by atoms with Crippen molar-refractivity contribution in [2.24, 2.45) is 0 Å². The molecule has 0 N–H and O–H groups in total. The average molecular weight is 267 g/mol. The van der Waals surface area contributed by atoms with Gasteiger partial charge in [0.25, 0.3) is 0 Å². The van der Waals surface area contributed by atoms with E-state index in [0.717, 1.165) is 41.9 Å². The van der Waals surface area contributed by atoms with Crippen LogP contribution in [0.3, 0.4) is 0 Å². The molecule has 3 nitrogen and oxygen atoms in total. The van der Waals surface area contributed by atoms with Crippen LogP contribution >= 0.6 is 0 Å². The third kappa shape index (κ3) is 2.39. The zero-order chi connectivity index (χ0) is 13.9. The molecule has 1 heterocycles. The monoisotopic (exact) mass is 267 g/mol. The number of aryl methyl sites for hydroxylation is 1. The fraction of sp³-hybridized carbons (Fsp3) is 0.235. The lowest BCUT2D eigenvalue weighted by atomic mass is 10.1. The number of hydrogen-bond acceptors (Lipinski definition) is 3. The molecule has 20 heavy (non-hydrogen) atoms. The van der Waals surface area contributed by atoms with Gasteiger partial charge in [0.2, 0.25) is 0 Å². The lowest BCUT2D eigenvalue weighted by Crippen LogP contribution is -2.25. The molecule has 0 spiro atoms. The maximum Gasteiger partial charge on any atom is 0.150 e. The van der Waals surface area contributed by atoms with Gasteiger partial charge in [-0.3, -0.25) is 4.79 Å². The van der Waals surface area contributed by atoms with E-state index < -0.39 is 0 Å². The molecule has 0 fully saturated rings. The van der Waals surface area contributed by atoms with E-state index in [9.17, 15) is 4.79 Å². The van der Waals surface area contributed by atoms with Gasteiger partial charge in [0.1, 0.15) is 18.6 Å². The molecule has 0 amide bonds. The van der Waals surface area contributed by atoms with E-state index in [1.165, 1.54) is 5.56 Å². The van der Waals surface area contributed by atoms with Crippen LogP contribution in [-0.2, 0) is 6.54 Å². The van der Waals surface area contributed by atoms with Gasteiger partial charge in [-0.25, -0.2) is 0 Å². The molecule has 1 aliphatic heterocycles. The molecule has 1 aliphatic rings. The van der Waals surface area contributed by atoms with Gasteiger partial charge in [-0.1, -0.05) is 18.2 Å². The Labute approximate surface area is 118 Å². The van der Waals surface area contributed by atoms with Crippen LogP contribution in [0.5, 0.6) is 5.75 Å². The van der Waals surface area contributed by atoms with Crippen LogP contribution in [-0.4, -0.2) is 19.4 Å². The third-order valence-electron chi connectivity index (χ3n) is 3.70. The molecule has 0 radical (unpaired) electrons. The molecule has 0 saturated heterocycles. The number of para-hydroxylation sites is 1. The number of nitrogens with zero attached hydrogens (tertiary/aromatic N) is 1. The van der Waals surface area contributed by atoms with Crippen molar-refractivity contribution >= 4 is 12.0 Å². The minimum Gasteiger partial charge on any atom is -0.491 e. The van der Waals surface area contributed by atoms with E-state index in [1.54, 1.807) is 0 Å². The fourth-order valence-electron chi connectivity index (χ4n) is 2.53. The van der Waals surface area contributed by atoms with Crippen molar-refractivity contribution in [2.75, 3.05) is 18.1 Å². The summed E-state index contributed by atoms with van der Waals surface area (Å²) < 4.78 is 5.78. The van der Waals surface area contributed by atoms with Crippen LogP contribution in [0.15, 0.2) is 42.5 Å². The summed E-state index contributed by atoms with van der Waals surface area (Å²) in [5.74, 6) is 0.969. The highest BCUT2D eigenvalue weighted by molar-refractivity contribution is 5.78. The second-order valence-electron chi connectivity index (χ2n) is 5.04. The first kappa shape index (κ1) is 12.7. The topological polar surface area (TPSA) is 29.5 Å². The summed E-state index contributed by atoms with van der Waals surface area (Å²) in [6.07, 6.45) is 0.903. The average Bonchev–Trinajstić information content (AvgIpc) is 2.69. The van der Waals surface area contributed by atoms with Gasteiger partial charge in [-0.2, -0.15) is 0 Å². The van der Waals surface area contributed by atoms with Crippen LogP contribution in [0.1, 0.15) is 21.5 Å². The molecule has 0 saturated carbocycles. The van der Waals surface area contributed by atoms with Crippen molar-refractivity contribution in [3.05, 3.63) is 59.2 Å². The Bertz CT molecular complexity index is 637. The molecular weight excluding hydrogens is 250 g/mol. The standard InChI is InChI=1S/C17H17NO2/c1-13-10-16(7-6-15(13)12-19)18-8-9-20-17-5-3-2-4-14(17)11-18/h2-7,10,12H,8-9,11H2,1H3. The Balaban J connectivity index is 1.91. The zero-order valence-corrected chi connectivity index (χ0v) is 11.5. The molecule has 2 aromatic rings. The van der Waals surface area contributed by atoms with Gasteiger partial charge in [0, 0.05) is 23.4 Å². The smallest absolute Gasteiger partial charge is 0.150 e. The molecule has 2 aromatic carbocycles. The quantitative estimate of drug-likeness (QED) is 0.782. The van der Waals surface area contributed by atoms with Crippen LogP contribution in [0, 0.1) is 6.92 Å². The summed E-state index contributed by atoms with van der Waals surface area (Å²) in [5.41, 5.74) is 4.09. The molecular formula is C17H17NO2. The van der Waals surface area contributed by atoms with Crippen LogP contribution in [0.4, 0.5) is 5.69 Å².